The lowest BCUT2D eigenvalue weighted by Crippen LogP contribution is -2.12. The first kappa shape index (κ1) is 16.3. The number of nitrogens with zero attached hydrogens (tertiary/aromatic N) is 2. The first-order chi connectivity index (χ1) is 11.3. The van der Waals surface area contributed by atoms with Gasteiger partial charge in [0.2, 0.25) is 0 Å². The van der Waals surface area contributed by atoms with Gasteiger partial charge in [-0.1, -0.05) is 68.3 Å². The molecule has 1 aromatic heterocycles. The number of rotatable bonds is 2. The fourth-order valence-electron chi connectivity index (χ4n) is 2.76. The van der Waals surface area contributed by atoms with Crippen LogP contribution in [0.15, 0.2) is 48.5 Å². The van der Waals surface area contributed by atoms with Crippen molar-refractivity contribution in [2.75, 3.05) is 0 Å². The molecule has 0 saturated carbocycles. The normalized spacial score (nSPS) is 11.7. The van der Waals surface area contributed by atoms with Gasteiger partial charge in [-0.15, -0.1) is 0 Å². The van der Waals surface area contributed by atoms with E-state index in [1.165, 1.54) is 11.1 Å². The number of hydrogen-bond donors (Lipinski definition) is 1. The molecule has 124 valence electrons. The highest BCUT2D eigenvalue weighted by Gasteiger charge is 2.27. The average molecular weight is 320 g/mol. The van der Waals surface area contributed by atoms with Crippen LogP contribution < -0.4 is 0 Å². The van der Waals surface area contributed by atoms with Gasteiger partial charge in [-0.2, -0.15) is 5.10 Å². The molecule has 0 aliphatic rings. The minimum Gasteiger partial charge on any atom is -0.504 e. The molecule has 24 heavy (non-hydrogen) atoms. The summed E-state index contributed by atoms with van der Waals surface area (Å²) in [6.45, 7) is 10.3. The van der Waals surface area contributed by atoms with Crippen LogP contribution in [-0.4, -0.2) is 14.9 Å². The molecule has 0 aliphatic heterocycles. The summed E-state index contributed by atoms with van der Waals surface area (Å²) in [5, 5.41) is 15.6. The highest BCUT2D eigenvalue weighted by Crippen LogP contribution is 2.39. The molecule has 1 N–H and O–H groups in total. The van der Waals surface area contributed by atoms with E-state index < -0.39 is 0 Å². The Kier molecular flexibility index (Phi) is 3.96. The monoisotopic (exact) mass is 320 g/mol. The lowest BCUT2D eigenvalue weighted by molar-refractivity contribution is 0.445. The van der Waals surface area contributed by atoms with Crippen LogP contribution in [0.3, 0.4) is 0 Å². The highest BCUT2D eigenvalue weighted by molar-refractivity contribution is 5.70. The van der Waals surface area contributed by atoms with Gasteiger partial charge in [0, 0.05) is 11.0 Å². The lowest BCUT2D eigenvalue weighted by atomic mass is 9.91. The third-order valence-electron chi connectivity index (χ3n) is 4.17. The lowest BCUT2D eigenvalue weighted by Gasteiger charge is -2.15. The summed E-state index contributed by atoms with van der Waals surface area (Å²) in [6.07, 6.45) is 0. The minimum atomic E-state index is -0.237. The zero-order valence-corrected chi connectivity index (χ0v) is 15.0. The molecule has 0 bridgehead atoms. The van der Waals surface area contributed by atoms with E-state index in [4.69, 9.17) is 5.10 Å². The van der Waals surface area contributed by atoms with Gasteiger partial charge in [0.05, 0.1) is 5.69 Å². The Morgan fingerprint density at radius 1 is 0.833 bits per heavy atom. The molecule has 0 saturated heterocycles. The minimum absolute atomic E-state index is 0.237. The van der Waals surface area contributed by atoms with E-state index in [1.54, 1.807) is 0 Å². The maximum Gasteiger partial charge on any atom is 0.166 e. The van der Waals surface area contributed by atoms with Crippen molar-refractivity contribution in [3.8, 4) is 22.7 Å². The number of benzene rings is 2. The Hall–Kier alpha value is -2.55. The molecule has 3 heteroatoms. The van der Waals surface area contributed by atoms with Crippen LogP contribution in [0.2, 0.25) is 0 Å². The maximum atomic E-state index is 10.9. The molecule has 0 unspecified atom stereocenters. The molecule has 0 spiro atoms. The van der Waals surface area contributed by atoms with Crippen LogP contribution in [0.1, 0.15) is 37.6 Å². The van der Waals surface area contributed by atoms with Crippen LogP contribution in [-0.2, 0) is 5.41 Å². The van der Waals surface area contributed by atoms with Crippen LogP contribution in [0.5, 0.6) is 5.75 Å². The molecule has 3 aromatic rings. The fraction of sp³-hybridized carbons (Fsp3) is 0.286. The van der Waals surface area contributed by atoms with Crippen LogP contribution in [0.25, 0.3) is 16.9 Å². The second-order valence-corrected chi connectivity index (χ2v) is 7.41. The maximum absolute atomic E-state index is 10.9. The summed E-state index contributed by atoms with van der Waals surface area (Å²) in [4.78, 5) is 0. The van der Waals surface area contributed by atoms with E-state index in [1.807, 2.05) is 28.9 Å². The van der Waals surface area contributed by atoms with Crippen molar-refractivity contribution < 1.29 is 5.11 Å². The Bertz CT molecular complexity index is 851. The average Bonchev–Trinajstić information content (AvgIpc) is 2.86. The van der Waals surface area contributed by atoms with Gasteiger partial charge >= 0.3 is 0 Å². The second-order valence-electron chi connectivity index (χ2n) is 7.41. The van der Waals surface area contributed by atoms with Gasteiger partial charge in [0.1, 0.15) is 11.4 Å². The molecule has 0 fully saturated rings. The number of aromatic nitrogens is 2. The molecule has 3 nitrogen and oxygen atoms in total. The Morgan fingerprint density at radius 2 is 1.33 bits per heavy atom. The number of aryl methyl sites for hydroxylation is 2. The molecule has 0 amide bonds. The standard InChI is InChI=1S/C21H24N2O/c1-14-6-10-16(11-7-14)18-19(24)20(21(3,4)5)22-23(18)17-12-8-15(2)9-13-17/h6-13,24H,1-5H3. The van der Waals surface area contributed by atoms with Crippen molar-refractivity contribution in [1.29, 1.82) is 0 Å². The first-order valence-electron chi connectivity index (χ1n) is 8.24. The summed E-state index contributed by atoms with van der Waals surface area (Å²) in [7, 11) is 0. The Balaban J connectivity index is 2.27. The van der Waals surface area contributed by atoms with Crippen molar-refractivity contribution in [2.45, 2.75) is 40.0 Å². The molecule has 0 aliphatic carbocycles. The van der Waals surface area contributed by atoms with E-state index in [9.17, 15) is 5.11 Å². The summed E-state index contributed by atoms with van der Waals surface area (Å²) < 4.78 is 1.85. The largest absolute Gasteiger partial charge is 0.504 e. The molecule has 1 heterocycles. The van der Waals surface area contributed by atoms with Crippen molar-refractivity contribution in [3.63, 3.8) is 0 Å². The van der Waals surface area contributed by atoms with E-state index in [0.717, 1.165) is 16.9 Å². The Labute approximate surface area is 143 Å². The van der Waals surface area contributed by atoms with Crippen molar-refractivity contribution in [2.24, 2.45) is 0 Å². The third kappa shape index (κ3) is 2.94. The van der Waals surface area contributed by atoms with Crippen LogP contribution in [0.4, 0.5) is 0 Å². The third-order valence-corrected chi connectivity index (χ3v) is 4.17. The molecule has 0 atom stereocenters. The van der Waals surface area contributed by atoms with Crippen molar-refractivity contribution >= 4 is 0 Å². The summed E-state index contributed by atoms with van der Waals surface area (Å²) in [5.41, 5.74) is 5.50. The van der Waals surface area contributed by atoms with E-state index >= 15 is 0 Å². The van der Waals surface area contributed by atoms with Crippen LogP contribution in [0, 0.1) is 13.8 Å². The molecular formula is C21H24N2O. The molecule has 3 rings (SSSR count). The predicted octanol–water partition coefficient (Wildman–Crippen LogP) is 5.16. The van der Waals surface area contributed by atoms with Gasteiger partial charge in [0.25, 0.3) is 0 Å². The smallest absolute Gasteiger partial charge is 0.166 e. The van der Waals surface area contributed by atoms with Crippen molar-refractivity contribution in [1.82, 2.24) is 9.78 Å². The van der Waals surface area contributed by atoms with Gasteiger partial charge in [0.15, 0.2) is 5.75 Å². The van der Waals surface area contributed by atoms with Gasteiger partial charge in [-0.25, -0.2) is 4.68 Å². The highest BCUT2D eigenvalue weighted by atomic mass is 16.3. The van der Waals surface area contributed by atoms with Gasteiger partial charge in [-0.05, 0) is 26.0 Å². The summed E-state index contributed by atoms with van der Waals surface area (Å²) in [6, 6.07) is 16.4. The molecular weight excluding hydrogens is 296 g/mol. The molecule has 0 radical (unpaired) electrons. The van der Waals surface area contributed by atoms with E-state index in [0.29, 0.717) is 5.69 Å². The van der Waals surface area contributed by atoms with Gasteiger partial charge < -0.3 is 5.11 Å². The zero-order valence-electron chi connectivity index (χ0n) is 15.0. The fourth-order valence-corrected chi connectivity index (χ4v) is 2.76. The topological polar surface area (TPSA) is 38.1 Å². The number of hydrogen-bond acceptors (Lipinski definition) is 2. The summed E-state index contributed by atoms with van der Waals surface area (Å²) in [5.74, 6) is 0.256. The number of aromatic hydroxyl groups is 1. The first-order valence-corrected chi connectivity index (χ1v) is 8.24. The summed E-state index contributed by atoms with van der Waals surface area (Å²) >= 11 is 0. The van der Waals surface area contributed by atoms with E-state index in [-0.39, 0.29) is 11.2 Å². The quantitative estimate of drug-likeness (QED) is 0.708. The van der Waals surface area contributed by atoms with Crippen molar-refractivity contribution in [3.05, 3.63) is 65.4 Å². The predicted molar refractivity (Wildman–Crippen MR) is 98.8 cm³/mol. The second kappa shape index (κ2) is 5.82. The zero-order chi connectivity index (χ0) is 17.5. The SMILES string of the molecule is Cc1ccc(-c2c(O)c(C(C)(C)C)nn2-c2ccc(C)cc2)cc1. The molecule has 2 aromatic carbocycles. The Morgan fingerprint density at radius 3 is 1.83 bits per heavy atom. The van der Waals surface area contributed by atoms with E-state index in [2.05, 4.69) is 58.9 Å². The van der Waals surface area contributed by atoms with Crippen LogP contribution >= 0.6 is 0 Å². The van der Waals surface area contributed by atoms with Gasteiger partial charge in [-0.3, -0.25) is 0 Å².